The first-order valence-electron chi connectivity index (χ1n) is 8.44. The Kier molecular flexibility index (Phi) is 5.33. The number of rotatable bonds is 5. The maximum absolute atomic E-state index is 13.4. The van der Waals surface area contributed by atoms with Gasteiger partial charge in [-0.25, -0.2) is 4.79 Å². The van der Waals surface area contributed by atoms with Crippen LogP contribution in [0.25, 0.3) is 11.1 Å². The molecule has 0 atom stereocenters. The van der Waals surface area contributed by atoms with Gasteiger partial charge in [-0.15, -0.1) is 0 Å². The van der Waals surface area contributed by atoms with Gasteiger partial charge >= 0.3 is 12.1 Å². The molecule has 0 radical (unpaired) electrons. The van der Waals surface area contributed by atoms with Crippen LogP contribution in [0.2, 0.25) is 0 Å². The van der Waals surface area contributed by atoms with Crippen LogP contribution in [0.3, 0.4) is 0 Å². The zero-order valence-electron chi connectivity index (χ0n) is 15.2. The summed E-state index contributed by atoms with van der Waals surface area (Å²) in [5.74, 6) is -1.10. The van der Waals surface area contributed by atoms with Gasteiger partial charge in [-0.3, -0.25) is 0 Å². The molecule has 29 heavy (non-hydrogen) atoms. The van der Waals surface area contributed by atoms with Crippen LogP contribution in [0, 0.1) is 11.3 Å². The Hall–Kier alpha value is -3.73. The quantitative estimate of drug-likeness (QED) is 0.664. The molecular formula is C21H15F3N2O3. The highest BCUT2D eigenvalue weighted by atomic mass is 19.4. The van der Waals surface area contributed by atoms with Crippen molar-refractivity contribution in [3.05, 3.63) is 77.1 Å². The van der Waals surface area contributed by atoms with Gasteiger partial charge in [-0.2, -0.15) is 18.4 Å². The lowest BCUT2D eigenvalue weighted by Gasteiger charge is -2.08. The van der Waals surface area contributed by atoms with Crippen LogP contribution in [0.1, 0.15) is 27.3 Å². The highest BCUT2D eigenvalue weighted by Crippen LogP contribution is 2.40. The highest BCUT2D eigenvalue weighted by Gasteiger charge is 2.41. The molecule has 0 amide bonds. The third-order valence-electron chi connectivity index (χ3n) is 4.37. The van der Waals surface area contributed by atoms with Crippen LogP contribution in [0.15, 0.2) is 54.6 Å². The third kappa shape index (κ3) is 3.94. The molecule has 0 aliphatic carbocycles. The molecule has 3 aromatic rings. The minimum atomic E-state index is -4.87. The molecule has 0 aliphatic heterocycles. The first-order chi connectivity index (χ1) is 13.7. The van der Waals surface area contributed by atoms with Crippen molar-refractivity contribution in [1.29, 1.82) is 5.26 Å². The number of alkyl halides is 3. The van der Waals surface area contributed by atoms with Crippen molar-refractivity contribution in [1.82, 2.24) is 4.57 Å². The van der Waals surface area contributed by atoms with Crippen molar-refractivity contribution in [2.45, 2.75) is 12.8 Å². The summed E-state index contributed by atoms with van der Waals surface area (Å²) in [5, 5.41) is 18.8. The van der Waals surface area contributed by atoms with Gasteiger partial charge < -0.3 is 14.4 Å². The van der Waals surface area contributed by atoms with E-state index in [-0.39, 0.29) is 11.1 Å². The molecule has 0 unspecified atom stereocenters. The fraction of sp³-hybridized carbons (Fsp3) is 0.143. The summed E-state index contributed by atoms with van der Waals surface area (Å²) in [6.45, 7) is 0.299. The number of benzene rings is 2. The molecule has 1 aromatic heterocycles. The Morgan fingerprint density at radius 1 is 1.14 bits per heavy atom. The average Bonchev–Trinajstić information content (AvgIpc) is 3.00. The third-order valence-corrected chi connectivity index (χ3v) is 4.37. The van der Waals surface area contributed by atoms with E-state index in [4.69, 9.17) is 4.74 Å². The largest absolute Gasteiger partial charge is 0.489 e. The van der Waals surface area contributed by atoms with Gasteiger partial charge in [0, 0.05) is 12.6 Å². The van der Waals surface area contributed by atoms with Crippen molar-refractivity contribution in [2.24, 2.45) is 7.05 Å². The lowest BCUT2D eigenvalue weighted by Crippen LogP contribution is -2.15. The maximum Gasteiger partial charge on any atom is 0.432 e. The first-order valence-corrected chi connectivity index (χ1v) is 8.44. The van der Waals surface area contributed by atoms with Gasteiger partial charge in [0.05, 0.1) is 5.56 Å². The standard InChI is InChI=1S/C21H15F3N2O3/c1-26-18(20(27)28)17(16(11-25)19(26)21(22,23)24)14-7-9-15(10-8-14)29-12-13-5-3-2-4-6-13/h2-10H,12H2,1H3,(H,27,28). The van der Waals surface area contributed by atoms with Crippen LogP contribution in [0.4, 0.5) is 13.2 Å². The molecule has 0 saturated heterocycles. The number of nitriles is 1. The van der Waals surface area contributed by atoms with E-state index in [2.05, 4.69) is 0 Å². The maximum atomic E-state index is 13.4. The number of aromatic carboxylic acids is 1. The summed E-state index contributed by atoms with van der Waals surface area (Å²) < 4.78 is 46.4. The Morgan fingerprint density at radius 2 is 1.76 bits per heavy atom. The van der Waals surface area contributed by atoms with Gasteiger partial charge in [0.25, 0.3) is 0 Å². The van der Waals surface area contributed by atoms with Crippen molar-refractivity contribution in [3.8, 4) is 22.9 Å². The van der Waals surface area contributed by atoms with Gasteiger partial charge in [0.2, 0.25) is 0 Å². The number of hydrogen-bond acceptors (Lipinski definition) is 3. The number of aromatic nitrogens is 1. The second kappa shape index (κ2) is 7.72. The summed E-state index contributed by atoms with van der Waals surface area (Å²) in [7, 11) is 0.980. The minimum Gasteiger partial charge on any atom is -0.489 e. The molecule has 5 nitrogen and oxygen atoms in total. The molecule has 2 aromatic carbocycles. The van der Waals surface area contributed by atoms with Gasteiger partial charge in [-0.1, -0.05) is 42.5 Å². The van der Waals surface area contributed by atoms with E-state index in [1.54, 1.807) is 0 Å². The van der Waals surface area contributed by atoms with E-state index in [9.17, 15) is 28.3 Å². The first kappa shape index (κ1) is 20.0. The van der Waals surface area contributed by atoms with Crippen LogP contribution >= 0.6 is 0 Å². The van der Waals surface area contributed by atoms with Crippen LogP contribution in [-0.4, -0.2) is 15.6 Å². The van der Waals surface area contributed by atoms with Crippen molar-refractivity contribution < 1.29 is 27.8 Å². The fourth-order valence-electron chi connectivity index (χ4n) is 3.11. The summed E-state index contributed by atoms with van der Waals surface area (Å²) in [4.78, 5) is 11.6. The zero-order valence-corrected chi connectivity index (χ0v) is 15.2. The number of carbonyl (C=O) groups is 1. The summed E-state index contributed by atoms with van der Waals surface area (Å²) in [6, 6.07) is 16.8. The van der Waals surface area contributed by atoms with Gasteiger partial charge in [0.15, 0.2) is 0 Å². The molecule has 0 spiro atoms. The Morgan fingerprint density at radius 3 is 2.28 bits per heavy atom. The zero-order chi connectivity index (χ0) is 21.2. The Bertz CT molecular complexity index is 1080. The lowest BCUT2D eigenvalue weighted by molar-refractivity contribution is -0.143. The summed E-state index contributed by atoms with van der Waals surface area (Å²) in [6.07, 6.45) is -4.87. The molecule has 3 rings (SSSR count). The van der Waals surface area contributed by atoms with E-state index < -0.39 is 29.1 Å². The normalized spacial score (nSPS) is 11.1. The second-order valence-electron chi connectivity index (χ2n) is 6.22. The number of halogens is 3. The van der Waals surface area contributed by atoms with Crippen molar-refractivity contribution >= 4 is 5.97 Å². The smallest absolute Gasteiger partial charge is 0.432 e. The lowest BCUT2D eigenvalue weighted by atomic mass is 10.0. The van der Waals surface area contributed by atoms with E-state index >= 15 is 0 Å². The second-order valence-corrected chi connectivity index (χ2v) is 6.22. The highest BCUT2D eigenvalue weighted by molar-refractivity contribution is 5.97. The van der Waals surface area contributed by atoms with Gasteiger partial charge in [0.1, 0.15) is 29.8 Å². The molecule has 0 bridgehead atoms. The molecule has 8 heteroatoms. The number of hydrogen-bond donors (Lipinski definition) is 1. The van der Waals surface area contributed by atoms with E-state index in [1.807, 2.05) is 30.3 Å². The molecule has 0 aliphatic rings. The van der Waals surface area contributed by atoms with E-state index in [1.165, 1.54) is 30.3 Å². The Balaban J connectivity index is 2.00. The topological polar surface area (TPSA) is 75.2 Å². The van der Waals surface area contributed by atoms with E-state index in [0.717, 1.165) is 12.6 Å². The Labute approximate surface area is 164 Å². The van der Waals surface area contributed by atoms with E-state index in [0.29, 0.717) is 16.9 Å². The molecule has 1 heterocycles. The molecule has 148 valence electrons. The van der Waals surface area contributed by atoms with Crippen LogP contribution < -0.4 is 4.74 Å². The fourth-order valence-corrected chi connectivity index (χ4v) is 3.11. The minimum absolute atomic E-state index is 0.178. The average molecular weight is 400 g/mol. The number of carboxylic acid groups (broad SMARTS) is 1. The summed E-state index contributed by atoms with van der Waals surface area (Å²) in [5.41, 5.74) is -1.78. The van der Waals surface area contributed by atoms with Crippen LogP contribution in [0.5, 0.6) is 5.75 Å². The number of ether oxygens (including phenoxy) is 1. The van der Waals surface area contributed by atoms with Crippen molar-refractivity contribution in [2.75, 3.05) is 0 Å². The van der Waals surface area contributed by atoms with Gasteiger partial charge in [-0.05, 0) is 23.3 Å². The molecule has 1 N–H and O–H groups in total. The predicted molar refractivity (Wildman–Crippen MR) is 98.3 cm³/mol. The predicted octanol–water partition coefficient (Wildman–Crippen LogP) is 4.86. The molecular weight excluding hydrogens is 385 g/mol. The number of carboxylic acids is 1. The SMILES string of the molecule is Cn1c(C(=O)O)c(-c2ccc(OCc3ccccc3)cc2)c(C#N)c1C(F)(F)F. The monoisotopic (exact) mass is 400 g/mol. The molecule has 0 saturated carbocycles. The van der Waals surface area contributed by atoms with Crippen molar-refractivity contribution in [3.63, 3.8) is 0 Å². The number of nitrogens with zero attached hydrogens (tertiary/aromatic N) is 2. The summed E-state index contributed by atoms with van der Waals surface area (Å²) >= 11 is 0. The van der Waals surface area contributed by atoms with Crippen LogP contribution in [-0.2, 0) is 19.8 Å². The molecule has 0 fully saturated rings.